The van der Waals surface area contributed by atoms with Crippen molar-refractivity contribution >= 4 is 28.1 Å². The normalized spacial score (nSPS) is 13.9. The van der Waals surface area contributed by atoms with Gasteiger partial charge in [0.15, 0.2) is 5.13 Å². The number of benzene rings is 1. The fraction of sp³-hybridized carbons (Fsp3) is 0.375. The molecule has 1 aliphatic heterocycles. The van der Waals surface area contributed by atoms with E-state index in [4.69, 9.17) is 0 Å². The molecule has 2 aromatic rings. The van der Waals surface area contributed by atoms with E-state index in [0.717, 1.165) is 18.3 Å². The lowest BCUT2D eigenvalue weighted by molar-refractivity contribution is -0.134. The van der Waals surface area contributed by atoms with Crippen LogP contribution < -0.4 is 10.2 Å². The molecule has 3 rings (SSSR count). The first kappa shape index (κ1) is 16.8. The summed E-state index contributed by atoms with van der Waals surface area (Å²) in [6.45, 7) is 1.10. The van der Waals surface area contributed by atoms with Crippen LogP contribution in [0.25, 0.3) is 0 Å². The lowest BCUT2D eigenvalue weighted by Gasteiger charge is -2.17. The molecule has 8 heteroatoms. The number of carbonyl (C=O) groups is 1. The van der Waals surface area contributed by atoms with Crippen molar-refractivity contribution in [2.75, 3.05) is 23.3 Å². The number of nitrogens with one attached hydrogen (secondary N) is 1. The second kappa shape index (κ2) is 6.80. The van der Waals surface area contributed by atoms with Crippen LogP contribution in [0.5, 0.6) is 0 Å². The maximum atomic E-state index is 12.5. The smallest absolute Gasteiger partial charge is 0.361 e. The van der Waals surface area contributed by atoms with Crippen molar-refractivity contribution in [1.29, 1.82) is 0 Å². The number of alkyl halides is 3. The van der Waals surface area contributed by atoms with Gasteiger partial charge in [0.05, 0.1) is 6.20 Å². The number of hydrogen-bond donors (Lipinski definition) is 1. The molecule has 1 amide bonds. The van der Waals surface area contributed by atoms with Gasteiger partial charge in [-0.15, -0.1) is 0 Å². The maximum Gasteiger partial charge on any atom is 0.427 e. The van der Waals surface area contributed by atoms with Gasteiger partial charge < -0.3 is 10.2 Å². The minimum absolute atomic E-state index is 0.0388. The number of nitrogens with zero attached hydrogens (tertiary/aromatic N) is 2. The van der Waals surface area contributed by atoms with Crippen LogP contribution in [-0.4, -0.2) is 24.0 Å². The minimum Gasteiger partial charge on any atom is -0.361 e. The Balaban J connectivity index is 1.46. The molecule has 1 aromatic heterocycles. The molecule has 0 fully saturated rings. The summed E-state index contributed by atoms with van der Waals surface area (Å²) in [6, 6.07) is 7.82. The number of fused-ring (bicyclic) bond motifs is 1. The largest absolute Gasteiger partial charge is 0.427 e. The Morgan fingerprint density at radius 3 is 2.88 bits per heavy atom. The van der Waals surface area contributed by atoms with Gasteiger partial charge in [-0.05, 0) is 24.5 Å². The lowest BCUT2D eigenvalue weighted by Crippen LogP contribution is -2.29. The number of thiazole rings is 1. The van der Waals surface area contributed by atoms with Gasteiger partial charge in [-0.3, -0.25) is 4.79 Å². The second-order valence-corrected chi connectivity index (χ2v) is 6.51. The van der Waals surface area contributed by atoms with Gasteiger partial charge in [0.2, 0.25) is 5.91 Å². The first-order chi connectivity index (χ1) is 11.4. The third kappa shape index (κ3) is 3.69. The fourth-order valence-electron chi connectivity index (χ4n) is 2.65. The zero-order valence-electron chi connectivity index (χ0n) is 12.8. The van der Waals surface area contributed by atoms with Gasteiger partial charge in [-0.25, -0.2) is 4.98 Å². The fourth-order valence-corrected chi connectivity index (χ4v) is 3.36. The van der Waals surface area contributed by atoms with Gasteiger partial charge in [0.25, 0.3) is 0 Å². The molecule has 1 N–H and O–H groups in total. The first-order valence-electron chi connectivity index (χ1n) is 7.60. The third-order valence-corrected chi connectivity index (χ3v) is 4.82. The van der Waals surface area contributed by atoms with Crippen molar-refractivity contribution in [2.24, 2.45) is 0 Å². The Bertz CT molecular complexity index is 729. The van der Waals surface area contributed by atoms with Crippen LogP contribution in [0.3, 0.4) is 0 Å². The van der Waals surface area contributed by atoms with Crippen LogP contribution in [0.1, 0.15) is 23.3 Å². The number of halogens is 3. The van der Waals surface area contributed by atoms with E-state index in [-0.39, 0.29) is 11.0 Å². The predicted molar refractivity (Wildman–Crippen MR) is 87.3 cm³/mol. The Morgan fingerprint density at radius 1 is 1.33 bits per heavy atom. The number of para-hydroxylation sites is 1. The topological polar surface area (TPSA) is 45.2 Å². The number of rotatable bonds is 5. The first-order valence-corrected chi connectivity index (χ1v) is 8.42. The van der Waals surface area contributed by atoms with E-state index in [2.05, 4.69) is 10.3 Å². The van der Waals surface area contributed by atoms with Gasteiger partial charge in [-0.2, -0.15) is 13.2 Å². The van der Waals surface area contributed by atoms with E-state index < -0.39 is 11.1 Å². The Morgan fingerprint density at radius 2 is 2.12 bits per heavy atom. The molecular formula is C16H16F3N3OS. The second-order valence-electron chi connectivity index (χ2n) is 5.48. The molecule has 24 heavy (non-hydrogen) atoms. The van der Waals surface area contributed by atoms with Crippen LogP contribution in [-0.2, 0) is 17.4 Å². The Labute approximate surface area is 141 Å². The van der Waals surface area contributed by atoms with Crippen molar-refractivity contribution in [1.82, 2.24) is 4.98 Å². The Kier molecular flexibility index (Phi) is 4.75. The van der Waals surface area contributed by atoms with Crippen molar-refractivity contribution < 1.29 is 18.0 Å². The molecule has 2 heterocycles. The molecule has 0 spiro atoms. The standard InChI is InChI=1S/C16H16F3N3OS/c17-16(18,19)13-10-21-15(24-13)20-8-3-6-14(23)22-9-7-11-4-1-2-5-12(11)22/h1-2,4-5,10H,3,6-9H2,(H,20,21). The number of amides is 1. The zero-order valence-corrected chi connectivity index (χ0v) is 13.6. The van der Waals surface area contributed by atoms with E-state index >= 15 is 0 Å². The van der Waals surface area contributed by atoms with Crippen molar-refractivity contribution in [3.8, 4) is 0 Å². The molecule has 4 nitrogen and oxygen atoms in total. The van der Waals surface area contributed by atoms with Crippen LogP contribution in [0.4, 0.5) is 24.0 Å². The van der Waals surface area contributed by atoms with Crippen LogP contribution in [0.2, 0.25) is 0 Å². The van der Waals surface area contributed by atoms with Gasteiger partial charge >= 0.3 is 6.18 Å². The van der Waals surface area contributed by atoms with E-state index in [0.29, 0.717) is 37.3 Å². The third-order valence-electron chi connectivity index (χ3n) is 3.82. The van der Waals surface area contributed by atoms with Gasteiger partial charge in [0.1, 0.15) is 4.88 Å². The highest BCUT2D eigenvalue weighted by Gasteiger charge is 2.33. The summed E-state index contributed by atoms with van der Waals surface area (Å²) in [6.07, 6.45) is -1.80. The Hall–Kier alpha value is -2.09. The molecule has 0 aliphatic carbocycles. The molecule has 0 atom stereocenters. The summed E-state index contributed by atoms with van der Waals surface area (Å²) >= 11 is 0.572. The average molecular weight is 355 g/mol. The summed E-state index contributed by atoms with van der Waals surface area (Å²) in [5, 5.41) is 3.06. The summed E-state index contributed by atoms with van der Waals surface area (Å²) in [5.41, 5.74) is 2.14. The zero-order chi connectivity index (χ0) is 17.2. The number of hydrogen-bond acceptors (Lipinski definition) is 4. The minimum atomic E-state index is -4.36. The number of carbonyl (C=O) groups excluding carboxylic acids is 1. The molecule has 0 radical (unpaired) electrons. The molecule has 0 bridgehead atoms. The summed E-state index contributed by atoms with van der Waals surface area (Å²) in [7, 11) is 0. The predicted octanol–water partition coefficient (Wildman–Crippen LogP) is 3.94. The van der Waals surface area contributed by atoms with Crippen molar-refractivity contribution in [2.45, 2.75) is 25.4 Å². The van der Waals surface area contributed by atoms with Gasteiger partial charge in [-0.1, -0.05) is 29.5 Å². The monoisotopic (exact) mass is 355 g/mol. The molecule has 0 saturated heterocycles. The van der Waals surface area contributed by atoms with E-state index in [1.165, 1.54) is 5.56 Å². The summed E-state index contributed by atoms with van der Waals surface area (Å²) in [4.78, 5) is 17.0. The van der Waals surface area contributed by atoms with Crippen molar-refractivity contribution in [3.63, 3.8) is 0 Å². The van der Waals surface area contributed by atoms with Crippen LogP contribution in [0, 0.1) is 0 Å². The molecule has 128 valence electrons. The summed E-state index contributed by atoms with van der Waals surface area (Å²) in [5.74, 6) is 0.0388. The summed E-state index contributed by atoms with van der Waals surface area (Å²) < 4.78 is 37.4. The molecule has 1 aliphatic rings. The average Bonchev–Trinajstić information content (AvgIpc) is 3.17. The van der Waals surface area contributed by atoms with Crippen LogP contribution in [0.15, 0.2) is 30.5 Å². The molecule has 0 saturated carbocycles. The van der Waals surface area contributed by atoms with Crippen molar-refractivity contribution in [3.05, 3.63) is 40.9 Å². The number of aromatic nitrogens is 1. The highest BCUT2D eigenvalue weighted by molar-refractivity contribution is 7.15. The van der Waals surface area contributed by atoms with Gasteiger partial charge in [0, 0.05) is 25.2 Å². The molecule has 0 unspecified atom stereocenters. The quantitative estimate of drug-likeness (QED) is 0.826. The highest BCUT2D eigenvalue weighted by atomic mass is 32.1. The van der Waals surface area contributed by atoms with Crippen LogP contribution >= 0.6 is 11.3 Å². The van der Waals surface area contributed by atoms with E-state index in [9.17, 15) is 18.0 Å². The lowest BCUT2D eigenvalue weighted by atomic mass is 10.2. The van der Waals surface area contributed by atoms with E-state index in [1.54, 1.807) is 4.90 Å². The maximum absolute atomic E-state index is 12.5. The molecular weight excluding hydrogens is 339 g/mol. The SMILES string of the molecule is O=C(CCCNc1ncc(C(F)(F)F)s1)N1CCc2ccccc21. The van der Waals surface area contributed by atoms with E-state index in [1.807, 2.05) is 24.3 Å². The highest BCUT2D eigenvalue weighted by Crippen LogP contribution is 2.35. The molecule has 1 aromatic carbocycles. The number of anilines is 2.